The number of rotatable bonds is 11. The fourth-order valence-electron chi connectivity index (χ4n) is 7.20. The maximum Gasteiger partial charge on any atom is 0.416 e. The predicted octanol–water partition coefficient (Wildman–Crippen LogP) is 3.70. The number of sulfonamides is 1. The van der Waals surface area contributed by atoms with Crippen molar-refractivity contribution >= 4 is 44.7 Å². The molecule has 8 rings (SSSR count). The number of carbonyl (C=O) groups excluding carboxylic acids is 2. The number of anilines is 2. The third-order valence-electron chi connectivity index (χ3n) is 9.97. The van der Waals surface area contributed by atoms with Crippen LogP contribution in [0.2, 0.25) is 0 Å². The molecule has 55 heavy (non-hydrogen) atoms. The lowest BCUT2D eigenvalue weighted by Crippen LogP contribution is -2.47. The molecule has 3 aromatic heterocycles. The fraction of sp³-hybridized carbons (Fsp3) is 0.289. The van der Waals surface area contributed by atoms with Crippen molar-refractivity contribution in [1.82, 2.24) is 19.9 Å². The van der Waals surface area contributed by atoms with Gasteiger partial charge in [0.25, 0.3) is 11.5 Å². The molecule has 1 saturated heterocycles. The number of fused-ring (bicyclic) bond motifs is 3. The van der Waals surface area contributed by atoms with Gasteiger partial charge in [-0.1, -0.05) is 12.1 Å². The molecule has 1 aliphatic carbocycles. The molecular weight excluding hydrogens is 731 g/mol. The van der Waals surface area contributed by atoms with Gasteiger partial charge in [0, 0.05) is 43.1 Å². The van der Waals surface area contributed by atoms with Crippen molar-refractivity contribution in [1.29, 1.82) is 0 Å². The SMILES string of the molecule is COc1ccc(CN2C(=O)COc3ccc(N4C(=O)O[C@@H]5C[C@H](NCCn6c(=O)ccc7ccc(Oc8ccc(S(N)(=O)=O)cc8)nc76)CC[C@H]54)nc32)cc1. The van der Waals surface area contributed by atoms with Crippen LogP contribution in [-0.4, -0.2) is 73.4 Å². The number of hydrogen-bond donors (Lipinski definition) is 2. The molecule has 5 aromatic rings. The first-order valence-electron chi connectivity index (χ1n) is 17.7. The van der Waals surface area contributed by atoms with E-state index in [1.165, 1.54) is 30.3 Å². The topological polar surface area (TPSA) is 198 Å². The smallest absolute Gasteiger partial charge is 0.416 e. The van der Waals surface area contributed by atoms with Gasteiger partial charge in [-0.15, -0.1) is 0 Å². The summed E-state index contributed by atoms with van der Waals surface area (Å²) in [5, 5.41) is 9.45. The van der Waals surface area contributed by atoms with Crippen LogP contribution in [0.5, 0.6) is 23.1 Å². The van der Waals surface area contributed by atoms with Crippen molar-refractivity contribution in [3.63, 3.8) is 0 Å². The molecule has 3 atom stereocenters. The van der Waals surface area contributed by atoms with E-state index in [9.17, 15) is 22.8 Å². The lowest BCUT2D eigenvalue weighted by atomic mass is 9.88. The summed E-state index contributed by atoms with van der Waals surface area (Å²) >= 11 is 0. The van der Waals surface area contributed by atoms with Gasteiger partial charge in [-0.25, -0.2) is 23.3 Å². The minimum absolute atomic E-state index is 0.0225. The number of amides is 2. The predicted molar refractivity (Wildman–Crippen MR) is 200 cm³/mol. The van der Waals surface area contributed by atoms with Crippen molar-refractivity contribution in [2.45, 2.75) is 55.4 Å². The van der Waals surface area contributed by atoms with Crippen LogP contribution < -0.4 is 40.0 Å². The normalized spacial score (nSPS) is 19.4. The molecule has 0 radical (unpaired) electrons. The van der Waals surface area contributed by atoms with Gasteiger partial charge in [0.05, 0.1) is 24.6 Å². The summed E-state index contributed by atoms with van der Waals surface area (Å²) in [6.45, 7) is 0.928. The fourth-order valence-corrected chi connectivity index (χ4v) is 7.71. The summed E-state index contributed by atoms with van der Waals surface area (Å²) in [6, 6.07) is 22.9. The second kappa shape index (κ2) is 14.7. The zero-order valence-corrected chi connectivity index (χ0v) is 30.5. The highest BCUT2D eigenvalue weighted by Gasteiger charge is 2.47. The van der Waals surface area contributed by atoms with Crippen LogP contribution in [0.1, 0.15) is 24.8 Å². The van der Waals surface area contributed by atoms with Crippen LogP contribution in [0, 0.1) is 0 Å². The van der Waals surface area contributed by atoms with E-state index in [0.717, 1.165) is 17.4 Å². The largest absolute Gasteiger partial charge is 0.497 e. The minimum atomic E-state index is -3.84. The first-order chi connectivity index (χ1) is 26.5. The van der Waals surface area contributed by atoms with E-state index in [0.29, 0.717) is 60.5 Å². The Hall–Kier alpha value is -6.04. The summed E-state index contributed by atoms with van der Waals surface area (Å²) in [6.07, 6.45) is 1.07. The Morgan fingerprint density at radius 2 is 1.67 bits per heavy atom. The number of pyridine rings is 3. The monoisotopic (exact) mass is 767 g/mol. The molecule has 2 aromatic carbocycles. The van der Waals surface area contributed by atoms with E-state index in [2.05, 4.69) is 10.3 Å². The van der Waals surface area contributed by atoms with Crippen LogP contribution in [0.4, 0.5) is 16.4 Å². The minimum Gasteiger partial charge on any atom is -0.497 e. The van der Waals surface area contributed by atoms with Crippen LogP contribution >= 0.6 is 0 Å². The molecular formula is C38H37N7O9S. The van der Waals surface area contributed by atoms with Crippen LogP contribution in [0.25, 0.3) is 11.0 Å². The first-order valence-corrected chi connectivity index (χ1v) is 19.2. The van der Waals surface area contributed by atoms with Crippen LogP contribution in [0.15, 0.2) is 94.6 Å². The molecule has 5 heterocycles. The Labute approximate surface area is 315 Å². The average molecular weight is 768 g/mol. The Morgan fingerprint density at radius 1 is 0.909 bits per heavy atom. The molecule has 16 nitrogen and oxygen atoms in total. The highest BCUT2D eigenvalue weighted by molar-refractivity contribution is 7.89. The third kappa shape index (κ3) is 7.41. The Bertz CT molecular complexity index is 2440. The van der Waals surface area contributed by atoms with E-state index >= 15 is 0 Å². The van der Waals surface area contributed by atoms with Gasteiger partial charge in [0.15, 0.2) is 18.2 Å². The van der Waals surface area contributed by atoms with E-state index in [1.54, 1.807) is 51.8 Å². The molecule has 2 aliphatic heterocycles. The molecule has 1 saturated carbocycles. The summed E-state index contributed by atoms with van der Waals surface area (Å²) in [7, 11) is -2.25. The average Bonchev–Trinajstić information content (AvgIpc) is 3.51. The molecule has 2 amide bonds. The number of carbonyl (C=O) groups is 2. The number of primary sulfonamides is 1. The maximum atomic E-state index is 13.3. The summed E-state index contributed by atoms with van der Waals surface area (Å²) < 4.78 is 47.4. The number of nitrogens with one attached hydrogen (secondary N) is 1. The van der Waals surface area contributed by atoms with Gasteiger partial charge in [0.1, 0.15) is 29.1 Å². The maximum absolute atomic E-state index is 13.3. The number of nitrogens with two attached hydrogens (primary N) is 1. The van der Waals surface area contributed by atoms with E-state index in [1.807, 2.05) is 24.3 Å². The second-order valence-electron chi connectivity index (χ2n) is 13.4. The zero-order chi connectivity index (χ0) is 38.3. The summed E-state index contributed by atoms with van der Waals surface area (Å²) in [5.41, 5.74) is 1.09. The Balaban J connectivity index is 0.918. The lowest BCUT2D eigenvalue weighted by Gasteiger charge is -2.34. The lowest BCUT2D eigenvalue weighted by molar-refractivity contribution is -0.121. The molecule has 2 fully saturated rings. The van der Waals surface area contributed by atoms with Crippen molar-refractivity contribution in [3.05, 3.63) is 101 Å². The number of methoxy groups -OCH3 is 1. The molecule has 0 spiro atoms. The molecule has 0 bridgehead atoms. The molecule has 3 N–H and O–H groups in total. The van der Waals surface area contributed by atoms with Gasteiger partial charge >= 0.3 is 6.09 Å². The van der Waals surface area contributed by atoms with Crippen molar-refractivity contribution in [2.24, 2.45) is 5.14 Å². The quantitative estimate of drug-likeness (QED) is 0.198. The molecule has 284 valence electrons. The highest BCUT2D eigenvalue weighted by atomic mass is 32.2. The molecule has 3 aliphatic rings. The van der Waals surface area contributed by atoms with Crippen molar-refractivity contribution in [3.8, 4) is 23.1 Å². The Kier molecular flexibility index (Phi) is 9.58. The molecule has 0 unspecified atom stereocenters. The molecule has 17 heteroatoms. The zero-order valence-electron chi connectivity index (χ0n) is 29.7. The van der Waals surface area contributed by atoms with Gasteiger partial charge < -0.3 is 24.3 Å². The van der Waals surface area contributed by atoms with Crippen molar-refractivity contribution in [2.75, 3.05) is 30.1 Å². The first kappa shape index (κ1) is 36.0. The van der Waals surface area contributed by atoms with Gasteiger partial charge in [-0.3, -0.25) is 24.0 Å². The van der Waals surface area contributed by atoms with Gasteiger partial charge in [-0.05, 0) is 79.1 Å². The number of aromatic nitrogens is 3. The van der Waals surface area contributed by atoms with Gasteiger partial charge in [-0.2, -0.15) is 4.98 Å². The van der Waals surface area contributed by atoms with Crippen molar-refractivity contribution < 1.29 is 37.0 Å². The number of nitrogens with zero attached hydrogens (tertiary/aromatic N) is 5. The number of benzene rings is 2. The second-order valence-corrected chi connectivity index (χ2v) is 15.0. The third-order valence-corrected chi connectivity index (χ3v) is 10.9. The van der Waals surface area contributed by atoms with E-state index in [-0.39, 0.29) is 53.6 Å². The van der Waals surface area contributed by atoms with Crippen LogP contribution in [-0.2, 0) is 32.6 Å². The summed E-state index contributed by atoms with van der Waals surface area (Å²) in [4.78, 5) is 51.7. The number of hydrogen-bond acceptors (Lipinski definition) is 12. The Morgan fingerprint density at radius 3 is 2.44 bits per heavy atom. The van der Waals surface area contributed by atoms with Gasteiger partial charge in [0.2, 0.25) is 15.9 Å². The highest BCUT2D eigenvalue weighted by Crippen LogP contribution is 2.39. The van der Waals surface area contributed by atoms with E-state index in [4.69, 9.17) is 29.1 Å². The standard InChI is InChI=1S/C38H37N7O9S/c1-51-26-7-2-23(3-8-26)21-44-35(47)22-52-30-14-15-32(41-37(30)44)45-29-13-6-25(20-31(29)54-38(45)48)40-18-19-43-34(46)17-5-24-4-16-33(42-36(24)43)53-27-9-11-28(12-10-27)55(39,49)50/h2-5,7-12,14-17,25,29,31,40H,6,13,18-22H2,1H3,(H2,39,49,50)/t25-,29-,31-/m1/s1. The summed E-state index contributed by atoms with van der Waals surface area (Å²) in [5.74, 6) is 2.22. The van der Waals surface area contributed by atoms with Crippen LogP contribution in [0.3, 0.4) is 0 Å². The van der Waals surface area contributed by atoms with E-state index < -0.39 is 16.1 Å². The number of ether oxygens (including phenoxy) is 4.